The normalized spacial score (nSPS) is 12.2. The van der Waals surface area contributed by atoms with Gasteiger partial charge in [-0.2, -0.15) is 0 Å². The zero-order valence-corrected chi connectivity index (χ0v) is 12.7. The molecule has 0 amide bonds. The van der Waals surface area contributed by atoms with Crippen LogP contribution < -0.4 is 4.90 Å². The standard InChI is InChI=1S/C16H23NO4/c1-11(2)13-4-6-14(7-5-13)17(9-8-15(18)19)10-12(3)16(20)21/h4-7,11-12H,8-10H2,1-3H3,(H,18,19)(H,20,21). The van der Waals surface area contributed by atoms with Gasteiger partial charge in [-0.05, 0) is 23.6 Å². The van der Waals surface area contributed by atoms with Gasteiger partial charge in [0.15, 0.2) is 0 Å². The summed E-state index contributed by atoms with van der Waals surface area (Å²) >= 11 is 0. The Hall–Kier alpha value is -2.04. The first-order valence-electron chi connectivity index (χ1n) is 7.10. The number of benzene rings is 1. The Balaban J connectivity index is 2.88. The summed E-state index contributed by atoms with van der Waals surface area (Å²) < 4.78 is 0. The van der Waals surface area contributed by atoms with Gasteiger partial charge in [0, 0.05) is 18.8 Å². The van der Waals surface area contributed by atoms with Crippen LogP contribution in [0.1, 0.15) is 38.7 Å². The highest BCUT2D eigenvalue weighted by atomic mass is 16.4. The minimum absolute atomic E-state index is 0.0156. The Morgan fingerprint density at radius 2 is 1.67 bits per heavy atom. The average Bonchev–Trinajstić information content (AvgIpc) is 2.42. The van der Waals surface area contributed by atoms with Crippen LogP contribution in [0.3, 0.4) is 0 Å². The monoisotopic (exact) mass is 293 g/mol. The van der Waals surface area contributed by atoms with Gasteiger partial charge in [0.25, 0.3) is 0 Å². The summed E-state index contributed by atoms with van der Waals surface area (Å²) in [6.45, 7) is 6.42. The van der Waals surface area contributed by atoms with E-state index in [0.717, 1.165) is 5.69 Å². The fourth-order valence-electron chi connectivity index (χ4n) is 2.04. The third-order valence-electron chi connectivity index (χ3n) is 3.44. The van der Waals surface area contributed by atoms with Crippen molar-refractivity contribution < 1.29 is 19.8 Å². The smallest absolute Gasteiger partial charge is 0.308 e. The molecule has 0 aromatic heterocycles. The van der Waals surface area contributed by atoms with Gasteiger partial charge in [0.05, 0.1) is 12.3 Å². The molecule has 0 heterocycles. The van der Waals surface area contributed by atoms with Crippen LogP contribution in [-0.2, 0) is 9.59 Å². The molecule has 1 aromatic rings. The summed E-state index contributed by atoms with van der Waals surface area (Å²) in [5, 5.41) is 17.9. The zero-order chi connectivity index (χ0) is 16.0. The number of nitrogens with zero attached hydrogens (tertiary/aromatic N) is 1. The van der Waals surface area contributed by atoms with Crippen molar-refractivity contribution in [1.82, 2.24) is 0 Å². The third-order valence-corrected chi connectivity index (χ3v) is 3.44. The second-order valence-corrected chi connectivity index (χ2v) is 5.58. The first kappa shape index (κ1) is 17.0. The molecule has 1 atom stereocenters. The molecular formula is C16H23NO4. The number of carbonyl (C=O) groups is 2. The van der Waals surface area contributed by atoms with E-state index in [0.29, 0.717) is 19.0 Å². The molecule has 5 nitrogen and oxygen atoms in total. The van der Waals surface area contributed by atoms with Gasteiger partial charge in [-0.3, -0.25) is 9.59 Å². The number of aliphatic carboxylic acids is 2. The molecule has 0 aliphatic rings. The minimum Gasteiger partial charge on any atom is -0.481 e. The highest BCUT2D eigenvalue weighted by Crippen LogP contribution is 2.21. The third kappa shape index (κ3) is 5.45. The number of carboxylic acid groups (broad SMARTS) is 2. The molecule has 21 heavy (non-hydrogen) atoms. The van der Waals surface area contributed by atoms with Crippen molar-refractivity contribution in [2.45, 2.75) is 33.1 Å². The van der Waals surface area contributed by atoms with Crippen molar-refractivity contribution in [1.29, 1.82) is 0 Å². The second kappa shape index (κ2) is 7.67. The maximum atomic E-state index is 11.0. The van der Waals surface area contributed by atoms with Gasteiger partial charge >= 0.3 is 11.9 Å². The molecule has 0 spiro atoms. The van der Waals surface area contributed by atoms with Gasteiger partial charge in [-0.1, -0.05) is 32.9 Å². The van der Waals surface area contributed by atoms with Crippen LogP contribution >= 0.6 is 0 Å². The van der Waals surface area contributed by atoms with Crippen LogP contribution in [-0.4, -0.2) is 35.2 Å². The van der Waals surface area contributed by atoms with E-state index in [1.54, 1.807) is 6.92 Å². The Morgan fingerprint density at radius 1 is 1.10 bits per heavy atom. The minimum atomic E-state index is -0.887. The zero-order valence-electron chi connectivity index (χ0n) is 12.7. The van der Waals surface area contributed by atoms with Crippen molar-refractivity contribution in [2.24, 2.45) is 5.92 Å². The summed E-state index contributed by atoms with van der Waals surface area (Å²) in [6, 6.07) is 7.84. The lowest BCUT2D eigenvalue weighted by atomic mass is 10.0. The van der Waals surface area contributed by atoms with E-state index in [1.807, 2.05) is 29.2 Å². The molecule has 0 bridgehead atoms. The quantitative estimate of drug-likeness (QED) is 0.770. The van der Waals surface area contributed by atoms with E-state index < -0.39 is 17.9 Å². The predicted molar refractivity (Wildman–Crippen MR) is 81.8 cm³/mol. The lowest BCUT2D eigenvalue weighted by Gasteiger charge is -2.26. The number of carboxylic acids is 2. The molecule has 1 rings (SSSR count). The molecule has 1 unspecified atom stereocenters. The molecule has 0 fully saturated rings. The molecule has 2 N–H and O–H groups in total. The fraction of sp³-hybridized carbons (Fsp3) is 0.500. The van der Waals surface area contributed by atoms with Crippen LogP contribution in [0, 0.1) is 5.92 Å². The van der Waals surface area contributed by atoms with Gasteiger partial charge < -0.3 is 15.1 Å². The van der Waals surface area contributed by atoms with Crippen molar-refractivity contribution in [3.8, 4) is 0 Å². The van der Waals surface area contributed by atoms with Crippen molar-refractivity contribution in [3.63, 3.8) is 0 Å². The van der Waals surface area contributed by atoms with E-state index in [-0.39, 0.29) is 6.42 Å². The summed E-state index contributed by atoms with van der Waals surface area (Å²) in [6.07, 6.45) is -0.0156. The molecular weight excluding hydrogens is 270 g/mol. The average molecular weight is 293 g/mol. The summed E-state index contributed by atoms with van der Waals surface area (Å²) in [5.41, 5.74) is 2.05. The number of hydrogen-bond donors (Lipinski definition) is 2. The van der Waals surface area contributed by atoms with Crippen LogP contribution in [0.5, 0.6) is 0 Å². The topological polar surface area (TPSA) is 77.8 Å². The Morgan fingerprint density at radius 3 is 2.10 bits per heavy atom. The highest BCUT2D eigenvalue weighted by molar-refractivity contribution is 5.71. The van der Waals surface area contributed by atoms with Gasteiger partial charge in [0.2, 0.25) is 0 Å². The van der Waals surface area contributed by atoms with Crippen LogP contribution in [0.2, 0.25) is 0 Å². The maximum Gasteiger partial charge on any atom is 0.308 e. The Bertz CT molecular complexity index is 482. The van der Waals surface area contributed by atoms with E-state index in [1.165, 1.54) is 5.56 Å². The SMILES string of the molecule is CC(CN(CCC(=O)O)c1ccc(C(C)C)cc1)C(=O)O. The summed E-state index contributed by atoms with van der Waals surface area (Å²) in [7, 11) is 0. The number of rotatable bonds is 8. The number of anilines is 1. The van der Waals surface area contributed by atoms with Crippen molar-refractivity contribution in [2.75, 3.05) is 18.0 Å². The van der Waals surface area contributed by atoms with E-state index in [9.17, 15) is 9.59 Å². The first-order chi connectivity index (χ1) is 9.81. The molecule has 1 aromatic carbocycles. The summed E-state index contributed by atoms with van der Waals surface area (Å²) in [5.74, 6) is -1.90. The van der Waals surface area contributed by atoms with E-state index in [2.05, 4.69) is 13.8 Å². The van der Waals surface area contributed by atoms with Crippen molar-refractivity contribution in [3.05, 3.63) is 29.8 Å². The first-order valence-corrected chi connectivity index (χ1v) is 7.10. The molecule has 0 aliphatic heterocycles. The van der Waals surface area contributed by atoms with Crippen LogP contribution in [0.4, 0.5) is 5.69 Å². The highest BCUT2D eigenvalue weighted by Gasteiger charge is 2.17. The molecule has 0 saturated carbocycles. The van der Waals surface area contributed by atoms with E-state index in [4.69, 9.17) is 10.2 Å². The molecule has 116 valence electrons. The Kier molecular flexibility index (Phi) is 6.21. The van der Waals surface area contributed by atoms with Gasteiger partial charge in [0.1, 0.15) is 0 Å². The largest absolute Gasteiger partial charge is 0.481 e. The predicted octanol–water partition coefficient (Wildman–Crippen LogP) is 2.81. The lowest BCUT2D eigenvalue weighted by Crippen LogP contribution is -2.33. The maximum absolute atomic E-state index is 11.0. The van der Waals surface area contributed by atoms with Gasteiger partial charge in [-0.15, -0.1) is 0 Å². The second-order valence-electron chi connectivity index (χ2n) is 5.58. The molecule has 5 heteroatoms. The molecule has 0 saturated heterocycles. The number of hydrogen-bond acceptors (Lipinski definition) is 3. The van der Waals surface area contributed by atoms with Crippen LogP contribution in [0.25, 0.3) is 0 Å². The molecule has 0 aliphatic carbocycles. The van der Waals surface area contributed by atoms with Gasteiger partial charge in [-0.25, -0.2) is 0 Å². The summed E-state index contributed by atoms with van der Waals surface area (Å²) in [4.78, 5) is 23.6. The van der Waals surface area contributed by atoms with Crippen LogP contribution in [0.15, 0.2) is 24.3 Å². The van der Waals surface area contributed by atoms with Crippen molar-refractivity contribution >= 4 is 17.6 Å². The molecule has 0 radical (unpaired) electrons. The Labute approximate surface area is 125 Å². The fourth-order valence-corrected chi connectivity index (χ4v) is 2.04. The van der Waals surface area contributed by atoms with E-state index >= 15 is 0 Å². The lowest BCUT2D eigenvalue weighted by molar-refractivity contribution is -0.140.